The van der Waals surface area contributed by atoms with Crippen LogP contribution >= 0.6 is 0 Å². The minimum atomic E-state index is -0.103. The van der Waals surface area contributed by atoms with Crippen molar-refractivity contribution in [3.05, 3.63) is 71.1 Å². The molecule has 0 bridgehead atoms. The van der Waals surface area contributed by atoms with Gasteiger partial charge < -0.3 is 20.1 Å². The Kier molecular flexibility index (Phi) is 7.95. The Balaban J connectivity index is 2.05. The number of rotatable bonds is 8. The second-order valence-electron chi connectivity index (χ2n) is 8.50. The second-order valence-corrected chi connectivity index (χ2v) is 8.50. The number of hydrogen-bond acceptors (Lipinski definition) is 5. The first kappa shape index (κ1) is 24.8. The smallest absolute Gasteiger partial charge is 0.247 e. The van der Waals surface area contributed by atoms with Crippen LogP contribution in [0.25, 0.3) is 17.2 Å². The monoisotopic (exact) mass is 459 g/mol. The fourth-order valence-corrected chi connectivity index (χ4v) is 3.99. The lowest BCUT2D eigenvalue weighted by Crippen LogP contribution is -2.30. The van der Waals surface area contributed by atoms with Gasteiger partial charge >= 0.3 is 0 Å². The average molecular weight is 460 g/mol. The largest absolute Gasteiger partial charge is 0.496 e. The van der Waals surface area contributed by atoms with Crippen LogP contribution < -0.4 is 20.1 Å². The predicted octanol–water partition coefficient (Wildman–Crippen LogP) is 6.05. The molecule has 2 N–H and O–H groups in total. The Morgan fingerprint density at radius 3 is 2.21 bits per heavy atom. The maximum atomic E-state index is 12.5. The van der Waals surface area contributed by atoms with Crippen molar-refractivity contribution in [3.8, 4) is 22.6 Å². The van der Waals surface area contributed by atoms with E-state index in [0.717, 1.165) is 50.7 Å². The van der Waals surface area contributed by atoms with Crippen LogP contribution in [0, 0.1) is 13.8 Å². The van der Waals surface area contributed by atoms with Crippen LogP contribution in [-0.2, 0) is 4.79 Å². The van der Waals surface area contributed by atoms with Crippen molar-refractivity contribution < 1.29 is 14.3 Å². The molecule has 0 aliphatic rings. The van der Waals surface area contributed by atoms with Gasteiger partial charge in [-0.05, 0) is 70.5 Å². The molecule has 6 nitrogen and oxygen atoms in total. The SMILES string of the molecule is COc1c(C)c(-c2ccc(Nc3cccnc3)cc2)c(OC)c(C)c1C=C(C)C(=O)NC(C)C. The standard InChI is InChI=1S/C28H33N3O3/c1-17(2)30-28(32)18(3)15-24-19(4)27(34-7)25(20(5)26(24)33-6)21-10-12-22(13-11-21)31-23-9-8-14-29-16-23/h8-17,31H,1-7H3,(H,30,32). The van der Waals surface area contributed by atoms with Gasteiger partial charge in [0.15, 0.2) is 0 Å². The zero-order chi connectivity index (χ0) is 24.8. The maximum absolute atomic E-state index is 12.5. The molecule has 0 aliphatic carbocycles. The summed E-state index contributed by atoms with van der Waals surface area (Å²) in [5.74, 6) is 1.38. The van der Waals surface area contributed by atoms with Gasteiger partial charge in [-0.15, -0.1) is 0 Å². The number of carbonyl (C=O) groups excluding carboxylic acids is 1. The molecule has 1 heterocycles. The van der Waals surface area contributed by atoms with E-state index in [2.05, 4.69) is 27.8 Å². The summed E-state index contributed by atoms with van der Waals surface area (Å²) >= 11 is 0. The molecule has 2 aromatic carbocycles. The fourth-order valence-electron chi connectivity index (χ4n) is 3.99. The lowest BCUT2D eigenvalue weighted by atomic mass is 9.91. The highest BCUT2D eigenvalue weighted by Crippen LogP contribution is 2.44. The fraction of sp³-hybridized carbons (Fsp3) is 0.286. The zero-order valence-corrected chi connectivity index (χ0v) is 20.9. The molecule has 34 heavy (non-hydrogen) atoms. The minimum absolute atomic E-state index is 0.0631. The summed E-state index contributed by atoms with van der Waals surface area (Å²) in [5.41, 5.74) is 7.17. The van der Waals surface area contributed by atoms with Crippen LogP contribution in [0.2, 0.25) is 0 Å². The quantitative estimate of drug-likeness (QED) is 0.401. The van der Waals surface area contributed by atoms with Crippen molar-refractivity contribution in [2.75, 3.05) is 19.5 Å². The normalized spacial score (nSPS) is 11.4. The number of amides is 1. The van der Waals surface area contributed by atoms with E-state index in [1.54, 1.807) is 33.5 Å². The van der Waals surface area contributed by atoms with Gasteiger partial charge in [-0.2, -0.15) is 0 Å². The Morgan fingerprint density at radius 2 is 1.65 bits per heavy atom. The van der Waals surface area contributed by atoms with E-state index < -0.39 is 0 Å². The topological polar surface area (TPSA) is 72.5 Å². The van der Waals surface area contributed by atoms with Gasteiger partial charge in [0.25, 0.3) is 0 Å². The molecule has 0 radical (unpaired) electrons. The van der Waals surface area contributed by atoms with E-state index in [4.69, 9.17) is 9.47 Å². The van der Waals surface area contributed by atoms with E-state index in [1.165, 1.54) is 0 Å². The molecule has 6 heteroatoms. The molecular weight excluding hydrogens is 426 g/mol. The third kappa shape index (κ3) is 5.39. The van der Waals surface area contributed by atoms with Gasteiger partial charge in [-0.1, -0.05) is 12.1 Å². The van der Waals surface area contributed by atoms with Gasteiger partial charge in [0.2, 0.25) is 5.91 Å². The lowest BCUT2D eigenvalue weighted by Gasteiger charge is -2.21. The molecular formula is C28H33N3O3. The molecule has 0 saturated carbocycles. The Morgan fingerprint density at radius 1 is 0.971 bits per heavy atom. The summed E-state index contributed by atoms with van der Waals surface area (Å²) < 4.78 is 11.7. The van der Waals surface area contributed by atoms with E-state index in [-0.39, 0.29) is 11.9 Å². The Labute approximate surface area is 202 Å². The Bertz CT molecular complexity index is 1180. The van der Waals surface area contributed by atoms with Crippen molar-refractivity contribution in [1.29, 1.82) is 0 Å². The first-order valence-electron chi connectivity index (χ1n) is 11.3. The van der Waals surface area contributed by atoms with E-state index in [0.29, 0.717) is 5.57 Å². The summed E-state index contributed by atoms with van der Waals surface area (Å²) in [6, 6.07) is 12.1. The van der Waals surface area contributed by atoms with Crippen LogP contribution in [0.4, 0.5) is 11.4 Å². The van der Waals surface area contributed by atoms with Crippen LogP contribution in [0.15, 0.2) is 54.4 Å². The number of carbonyl (C=O) groups is 1. The Hall–Kier alpha value is -3.80. The molecule has 1 amide bonds. The van der Waals surface area contributed by atoms with Crippen molar-refractivity contribution >= 4 is 23.4 Å². The predicted molar refractivity (Wildman–Crippen MR) is 139 cm³/mol. The van der Waals surface area contributed by atoms with Crippen LogP contribution in [-0.4, -0.2) is 31.2 Å². The molecule has 0 saturated heterocycles. The van der Waals surface area contributed by atoms with E-state index in [9.17, 15) is 4.79 Å². The molecule has 0 atom stereocenters. The minimum Gasteiger partial charge on any atom is -0.496 e. The number of anilines is 2. The first-order chi connectivity index (χ1) is 16.3. The highest BCUT2D eigenvalue weighted by atomic mass is 16.5. The number of nitrogens with one attached hydrogen (secondary N) is 2. The van der Waals surface area contributed by atoms with Gasteiger partial charge in [0.1, 0.15) is 11.5 Å². The van der Waals surface area contributed by atoms with Crippen molar-refractivity contribution in [2.45, 2.75) is 40.7 Å². The molecule has 0 unspecified atom stereocenters. The van der Waals surface area contributed by atoms with Gasteiger partial charge in [-0.25, -0.2) is 0 Å². The molecule has 3 aromatic rings. The lowest BCUT2D eigenvalue weighted by molar-refractivity contribution is -0.117. The van der Waals surface area contributed by atoms with Crippen LogP contribution in [0.1, 0.15) is 37.5 Å². The first-order valence-corrected chi connectivity index (χ1v) is 11.3. The number of methoxy groups -OCH3 is 2. The number of hydrogen-bond donors (Lipinski definition) is 2. The van der Waals surface area contributed by atoms with E-state index in [1.807, 2.05) is 58.0 Å². The summed E-state index contributed by atoms with van der Waals surface area (Å²) in [4.78, 5) is 16.6. The van der Waals surface area contributed by atoms with Gasteiger partial charge in [0, 0.05) is 45.8 Å². The molecule has 0 spiro atoms. The third-order valence-electron chi connectivity index (χ3n) is 5.60. The van der Waals surface area contributed by atoms with Crippen molar-refractivity contribution in [2.24, 2.45) is 0 Å². The number of benzene rings is 2. The molecule has 3 rings (SSSR count). The highest BCUT2D eigenvalue weighted by molar-refractivity contribution is 5.98. The summed E-state index contributed by atoms with van der Waals surface area (Å²) in [6.45, 7) is 9.69. The van der Waals surface area contributed by atoms with Crippen LogP contribution in [0.3, 0.4) is 0 Å². The third-order valence-corrected chi connectivity index (χ3v) is 5.60. The highest BCUT2D eigenvalue weighted by Gasteiger charge is 2.22. The maximum Gasteiger partial charge on any atom is 0.247 e. The average Bonchev–Trinajstić information content (AvgIpc) is 2.82. The van der Waals surface area contributed by atoms with E-state index >= 15 is 0 Å². The molecule has 1 aromatic heterocycles. The second kappa shape index (κ2) is 10.9. The summed E-state index contributed by atoms with van der Waals surface area (Å²) in [5, 5.41) is 6.28. The zero-order valence-electron chi connectivity index (χ0n) is 20.9. The summed E-state index contributed by atoms with van der Waals surface area (Å²) in [7, 11) is 3.32. The molecule has 178 valence electrons. The van der Waals surface area contributed by atoms with Gasteiger partial charge in [0.05, 0.1) is 26.1 Å². The summed E-state index contributed by atoms with van der Waals surface area (Å²) in [6.07, 6.45) is 5.40. The number of aromatic nitrogens is 1. The van der Waals surface area contributed by atoms with Gasteiger partial charge in [-0.3, -0.25) is 9.78 Å². The molecule has 0 aliphatic heterocycles. The van der Waals surface area contributed by atoms with Crippen molar-refractivity contribution in [1.82, 2.24) is 10.3 Å². The molecule has 0 fully saturated rings. The van der Waals surface area contributed by atoms with Crippen molar-refractivity contribution in [3.63, 3.8) is 0 Å². The van der Waals surface area contributed by atoms with Crippen LogP contribution in [0.5, 0.6) is 11.5 Å². The number of pyridine rings is 1. The number of nitrogens with zero attached hydrogens (tertiary/aromatic N) is 1. The number of ether oxygens (including phenoxy) is 2.